The summed E-state index contributed by atoms with van der Waals surface area (Å²) in [5.41, 5.74) is 0. The lowest BCUT2D eigenvalue weighted by molar-refractivity contribution is -0.929. The van der Waals surface area contributed by atoms with Crippen LogP contribution in [-0.2, 0) is 10.1 Å². The number of unbranched alkanes of at least 4 members (excludes halogenated alkanes) is 5. The van der Waals surface area contributed by atoms with E-state index in [1.807, 2.05) is 0 Å². The second-order valence-electron chi connectivity index (χ2n) is 7.84. The Labute approximate surface area is 181 Å². The molecule has 0 aliphatic heterocycles. The highest BCUT2D eigenvalue weighted by Gasteiger charge is 2.24. The van der Waals surface area contributed by atoms with Gasteiger partial charge in [0.15, 0.2) is 0 Å². The molecule has 0 aromatic heterocycles. The summed E-state index contributed by atoms with van der Waals surface area (Å²) < 4.78 is 30.2. The van der Waals surface area contributed by atoms with E-state index in [0.29, 0.717) is 6.42 Å². The van der Waals surface area contributed by atoms with Crippen molar-refractivity contribution in [1.29, 1.82) is 0 Å². The fourth-order valence-electron chi connectivity index (χ4n) is 3.28. The molecule has 0 radical (unpaired) electrons. The molecule has 0 fully saturated rings. The first-order valence-electron chi connectivity index (χ1n) is 11.7. The molecule has 0 saturated heterocycles. The van der Waals surface area contributed by atoms with E-state index >= 15 is 0 Å². The molecule has 0 aromatic rings. The van der Waals surface area contributed by atoms with Gasteiger partial charge >= 0.3 is 0 Å². The van der Waals surface area contributed by atoms with Gasteiger partial charge < -0.3 is 4.48 Å². The van der Waals surface area contributed by atoms with E-state index in [2.05, 4.69) is 34.6 Å². The normalized spacial score (nSPS) is 11.9. The topological polar surface area (TPSA) is 54.4 Å². The van der Waals surface area contributed by atoms with Crippen LogP contribution in [0.1, 0.15) is 98.8 Å². The van der Waals surface area contributed by atoms with Gasteiger partial charge in [0.05, 0.1) is 31.9 Å². The zero-order chi connectivity index (χ0) is 21.7. The Bertz CT molecular complexity index is 376. The molecule has 0 atom stereocenters. The summed E-state index contributed by atoms with van der Waals surface area (Å²) in [6, 6.07) is 0. The predicted octanol–water partition coefficient (Wildman–Crippen LogP) is 6.41. The van der Waals surface area contributed by atoms with E-state index in [1.165, 1.54) is 82.0 Å². The highest BCUT2D eigenvalue weighted by molar-refractivity contribution is 7.99. The third-order valence-corrected chi connectivity index (χ3v) is 6.88. The van der Waals surface area contributed by atoms with Gasteiger partial charge in [-0.25, -0.2) is 0 Å². The van der Waals surface area contributed by atoms with Gasteiger partial charge in [-0.1, -0.05) is 60.3 Å². The zero-order valence-electron chi connectivity index (χ0n) is 19.5. The predicted molar refractivity (Wildman–Crippen MR) is 128 cm³/mol. The first-order valence-corrected chi connectivity index (χ1v) is 14.4. The van der Waals surface area contributed by atoms with Crippen molar-refractivity contribution >= 4 is 21.9 Å². The van der Waals surface area contributed by atoms with Crippen molar-refractivity contribution in [1.82, 2.24) is 0 Å². The van der Waals surface area contributed by atoms with Gasteiger partial charge in [0.2, 0.25) is 0 Å². The smallest absolute Gasteiger partial charge is 0.264 e. The van der Waals surface area contributed by atoms with Gasteiger partial charge in [-0.3, -0.25) is 4.55 Å². The van der Waals surface area contributed by atoms with E-state index in [0.717, 1.165) is 17.9 Å². The number of nitrogens with zero attached hydrogens (tertiary/aromatic N) is 1. The van der Waals surface area contributed by atoms with Gasteiger partial charge in [0.1, 0.15) is 0 Å². The van der Waals surface area contributed by atoms with Crippen LogP contribution in [0.25, 0.3) is 0 Å². The summed E-state index contributed by atoms with van der Waals surface area (Å²) in [6.45, 7) is 17.1. The number of hydrogen-bond donors (Lipinski definition) is 1. The van der Waals surface area contributed by atoms with Crippen LogP contribution in [-0.4, -0.2) is 60.9 Å². The molecule has 0 amide bonds. The molecule has 0 heterocycles. The second-order valence-corrected chi connectivity index (χ2v) is 10.8. The van der Waals surface area contributed by atoms with Crippen molar-refractivity contribution < 1.29 is 17.5 Å². The van der Waals surface area contributed by atoms with Crippen molar-refractivity contribution in [2.75, 3.05) is 43.4 Å². The minimum absolute atomic E-state index is 0.0999. The molecule has 0 rings (SSSR count). The van der Waals surface area contributed by atoms with Crippen molar-refractivity contribution in [3.8, 4) is 0 Å². The summed E-state index contributed by atoms with van der Waals surface area (Å²) in [5, 5.41) is 0. The van der Waals surface area contributed by atoms with Crippen LogP contribution in [0.4, 0.5) is 0 Å². The Kier molecular flexibility index (Phi) is 22.3. The van der Waals surface area contributed by atoms with Crippen LogP contribution >= 0.6 is 11.8 Å². The lowest BCUT2D eigenvalue weighted by atomic mass is 10.1. The molecular formula is C22H50NO3S2+. The Morgan fingerprint density at radius 1 is 0.679 bits per heavy atom. The second kappa shape index (κ2) is 20.5. The van der Waals surface area contributed by atoms with Gasteiger partial charge in [-0.15, -0.1) is 0 Å². The van der Waals surface area contributed by atoms with E-state index in [-0.39, 0.29) is 5.75 Å². The highest BCUT2D eigenvalue weighted by atomic mass is 32.2. The maximum Gasteiger partial charge on any atom is 0.264 e. The van der Waals surface area contributed by atoms with Crippen LogP contribution in [0.2, 0.25) is 0 Å². The van der Waals surface area contributed by atoms with Crippen molar-refractivity contribution in [2.24, 2.45) is 0 Å². The fourth-order valence-corrected chi connectivity index (χ4v) is 4.54. The Hall–Kier alpha value is 0.220. The minimum atomic E-state index is -3.72. The van der Waals surface area contributed by atoms with Crippen molar-refractivity contribution in [3.05, 3.63) is 0 Å². The standard InChI is InChI=1S/C16H36N.C6H14O3S2/c1-5-9-13-17(14-10-6-2,15-11-7-3)16-12-8-4;1-2-10-5-3-4-6-11(7,8)9/h5-16H2,1-4H3;2-6H2,1H3,(H,7,8,9)/q+1;. The van der Waals surface area contributed by atoms with Crippen molar-refractivity contribution in [2.45, 2.75) is 98.8 Å². The molecule has 28 heavy (non-hydrogen) atoms. The zero-order valence-corrected chi connectivity index (χ0v) is 21.2. The lowest BCUT2D eigenvalue weighted by Gasteiger charge is -2.39. The summed E-state index contributed by atoms with van der Waals surface area (Å²) in [7, 11) is -3.72. The van der Waals surface area contributed by atoms with Gasteiger partial charge in [0.25, 0.3) is 10.1 Å². The molecule has 0 unspecified atom stereocenters. The summed E-state index contributed by atoms with van der Waals surface area (Å²) in [6.07, 6.45) is 12.5. The summed E-state index contributed by atoms with van der Waals surface area (Å²) >= 11 is 1.78. The van der Waals surface area contributed by atoms with Gasteiger partial charge in [-0.2, -0.15) is 20.2 Å². The number of thioether (sulfide) groups is 1. The monoisotopic (exact) mass is 440 g/mol. The molecule has 4 nitrogen and oxygen atoms in total. The Balaban J connectivity index is 0. The van der Waals surface area contributed by atoms with E-state index in [1.54, 1.807) is 11.8 Å². The molecule has 172 valence electrons. The Morgan fingerprint density at radius 2 is 1.07 bits per heavy atom. The molecule has 1 N–H and O–H groups in total. The van der Waals surface area contributed by atoms with Crippen LogP contribution in [0.15, 0.2) is 0 Å². The average molecular weight is 441 g/mol. The fraction of sp³-hybridized carbons (Fsp3) is 1.00. The number of quaternary nitrogens is 1. The highest BCUT2D eigenvalue weighted by Crippen LogP contribution is 2.16. The molecule has 6 heteroatoms. The first-order chi connectivity index (χ1) is 13.3. The largest absolute Gasteiger partial charge is 0.324 e. The first kappa shape index (κ1) is 30.4. The Morgan fingerprint density at radius 3 is 1.36 bits per heavy atom. The minimum Gasteiger partial charge on any atom is -0.324 e. The maximum absolute atomic E-state index is 10.2. The molecular weight excluding hydrogens is 390 g/mol. The average Bonchev–Trinajstić information content (AvgIpc) is 2.66. The molecule has 0 saturated carbocycles. The lowest BCUT2D eigenvalue weighted by Crippen LogP contribution is -2.50. The molecule has 0 bridgehead atoms. The molecule has 0 aliphatic rings. The number of hydrogen-bond acceptors (Lipinski definition) is 3. The molecule has 0 spiro atoms. The van der Waals surface area contributed by atoms with E-state index in [9.17, 15) is 8.42 Å². The molecule has 0 aromatic carbocycles. The van der Waals surface area contributed by atoms with Crippen LogP contribution in [0, 0.1) is 0 Å². The third-order valence-electron chi connectivity index (χ3n) is 5.09. The number of rotatable bonds is 18. The van der Waals surface area contributed by atoms with Crippen LogP contribution in [0.3, 0.4) is 0 Å². The van der Waals surface area contributed by atoms with E-state index < -0.39 is 10.1 Å². The quantitative estimate of drug-likeness (QED) is 0.152. The van der Waals surface area contributed by atoms with Crippen LogP contribution < -0.4 is 0 Å². The summed E-state index contributed by atoms with van der Waals surface area (Å²) in [5.74, 6) is 1.94. The molecule has 0 aliphatic carbocycles. The summed E-state index contributed by atoms with van der Waals surface area (Å²) in [4.78, 5) is 0. The van der Waals surface area contributed by atoms with Gasteiger partial charge in [-0.05, 0) is 50.0 Å². The van der Waals surface area contributed by atoms with E-state index in [4.69, 9.17) is 4.55 Å². The third kappa shape index (κ3) is 20.9. The van der Waals surface area contributed by atoms with Crippen LogP contribution in [0.5, 0.6) is 0 Å². The SMILES string of the molecule is CCCC[N+](CCCC)(CCCC)CCCC.CCSCCCCS(=O)(=O)O. The maximum atomic E-state index is 10.2. The van der Waals surface area contributed by atoms with Crippen molar-refractivity contribution in [3.63, 3.8) is 0 Å². The van der Waals surface area contributed by atoms with Gasteiger partial charge in [0, 0.05) is 0 Å².